The van der Waals surface area contributed by atoms with Gasteiger partial charge in [0.25, 0.3) is 0 Å². The molecule has 136 valence electrons. The highest BCUT2D eigenvalue weighted by atomic mass is 35.5. The number of ketones is 1. The molecule has 2 aromatic carbocycles. The van der Waals surface area contributed by atoms with E-state index in [0.29, 0.717) is 27.3 Å². The standard InChI is InChI=1S/C19H15ClN4O2S/c1-11-21-18-13-5-3-4-6-15(13)22-19(24(18)23-11)27-10-16(25)12-7-8-17(26-2)14(20)9-12/h3-9H,10H2,1-2H3. The second-order valence-corrected chi connectivity index (χ2v) is 7.22. The Morgan fingerprint density at radius 1 is 1.22 bits per heavy atom. The molecule has 4 rings (SSSR count). The number of nitrogens with zero attached hydrogens (tertiary/aromatic N) is 4. The van der Waals surface area contributed by atoms with E-state index in [9.17, 15) is 4.79 Å². The summed E-state index contributed by atoms with van der Waals surface area (Å²) in [6.07, 6.45) is 0. The van der Waals surface area contributed by atoms with Crippen molar-refractivity contribution >= 4 is 45.7 Å². The Kier molecular flexibility index (Phi) is 4.72. The van der Waals surface area contributed by atoms with Gasteiger partial charge in [-0.2, -0.15) is 4.52 Å². The van der Waals surface area contributed by atoms with Crippen LogP contribution < -0.4 is 4.74 Å². The maximum absolute atomic E-state index is 12.6. The third-order valence-electron chi connectivity index (χ3n) is 4.06. The van der Waals surface area contributed by atoms with Crippen molar-refractivity contribution in [3.8, 4) is 5.75 Å². The number of aryl methyl sites for hydroxylation is 1. The molecule has 0 N–H and O–H groups in total. The number of ether oxygens (including phenoxy) is 1. The Hall–Kier alpha value is -2.64. The van der Waals surface area contributed by atoms with Crippen molar-refractivity contribution in [2.24, 2.45) is 0 Å². The maximum Gasteiger partial charge on any atom is 0.192 e. The fourth-order valence-corrected chi connectivity index (χ4v) is 3.88. The highest BCUT2D eigenvalue weighted by Crippen LogP contribution is 2.27. The van der Waals surface area contributed by atoms with E-state index in [0.717, 1.165) is 16.6 Å². The summed E-state index contributed by atoms with van der Waals surface area (Å²) in [5.74, 6) is 1.35. The molecule has 8 heteroatoms. The van der Waals surface area contributed by atoms with Crippen LogP contribution in [0, 0.1) is 6.92 Å². The molecule has 0 saturated carbocycles. The molecule has 0 amide bonds. The fraction of sp³-hybridized carbons (Fsp3) is 0.158. The predicted molar refractivity (Wildman–Crippen MR) is 106 cm³/mol. The first kappa shape index (κ1) is 17.8. The summed E-state index contributed by atoms with van der Waals surface area (Å²) in [6.45, 7) is 1.83. The molecule has 0 fully saturated rings. The van der Waals surface area contributed by atoms with Gasteiger partial charge in [-0.1, -0.05) is 35.5 Å². The smallest absolute Gasteiger partial charge is 0.192 e. The number of rotatable bonds is 5. The number of carbonyl (C=O) groups is 1. The van der Waals surface area contributed by atoms with Gasteiger partial charge >= 0.3 is 0 Å². The third kappa shape index (κ3) is 3.36. The maximum atomic E-state index is 12.6. The largest absolute Gasteiger partial charge is 0.495 e. The Balaban J connectivity index is 1.65. The van der Waals surface area contributed by atoms with E-state index in [2.05, 4.69) is 15.1 Å². The second-order valence-electron chi connectivity index (χ2n) is 5.87. The van der Waals surface area contributed by atoms with Crippen molar-refractivity contribution in [1.29, 1.82) is 0 Å². The highest BCUT2D eigenvalue weighted by molar-refractivity contribution is 7.99. The molecule has 0 saturated heterocycles. The minimum atomic E-state index is -0.0514. The molecule has 0 aliphatic rings. The molecule has 0 unspecified atom stereocenters. The van der Waals surface area contributed by atoms with E-state index >= 15 is 0 Å². The number of halogens is 1. The number of aromatic nitrogens is 4. The quantitative estimate of drug-likeness (QED) is 0.285. The first-order valence-corrected chi connectivity index (χ1v) is 9.55. The van der Waals surface area contributed by atoms with Crippen LogP contribution in [0.15, 0.2) is 47.6 Å². The molecule has 0 atom stereocenters. The Bertz CT molecular complexity index is 1180. The lowest BCUT2D eigenvalue weighted by molar-refractivity contribution is 0.102. The Labute approximate surface area is 164 Å². The predicted octanol–water partition coefficient (Wildman–Crippen LogP) is 4.22. The van der Waals surface area contributed by atoms with Crippen molar-refractivity contribution in [3.05, 3.63) is 58.9 Å². The molecule has 27 heavy (non-hydrogen) atoms. The number of methoxy groups -OCH3 is 1. The van der Waals surface area contributed by atoms with Crippen molar-refractivity contribution in [2.45, 2.75) is 12.1 Å². The van der Waals surface area contributed by atoms with Crippen LogP contribution in [0.1, 0.15) is 16.2 Å². The number of fused-ring (bicyclic) bond motifs is 3. The summed E-state index contributed by atoms with van der Waals surface area (Å²) < 4.78 is 6.81. The van der Waals surface area contributed by atoms with E-state index in [1.807, 2.05) is 31.2 Å². The first-order valence-electron chi connectivity index (χ1n) is 8.18. The molecule has 2 heterocycles. The SMILES string of the molecule is COc1ccc(C(=O)CSc2nc3ccccc3c3nc(C)nn23)cc1Cl. The van der Waals surface area contributed by atoms with Gasteiger partial charge in [0.15, 0.2) is 16.6 Å². The number of carbonyl (C=O) groups excluding carboxylic acids is 1. The lowest BCUT2D eigenvalue weighted by Gasteiger charge is -2.07. The fourth-order valence-electron chi connectivity index (χ4n) is 2.78. The molecule has 0 aliphatic heterocycles. The van der Waals surface area contributed by atoms with Gasteiger partial charge in [0.05, 0.1) is 23.4 Å². The van der Waals surface area contributed by atoms with Gasteiger partial charge in [0, 0.05) is 10.9 Å². The zero-order chi connectivity index (χ0) is 19.0. The van der Waals surface area contributed by atoms with Crippen LogP contribution in [0.2, 0.25) is 5.02 Å². The summed E-state index contributed by atoms with van der Waals surface area (Å²) in [6, 6.07) is 12.8. The van der Waals surface area contributed by atoms with Crippen LogP contribution in [-0.2, 0) is 0 Å². The van der Waals surface area contributed by atoms with E-state index in [4.69, 9.17) is 16.3 Å². The summed E-state index contributed by atoms with van der Waals surface area (Å²) in [5.41, 5.74) is 2.08. The zero-order valence-electron chi connectivity index (χ0n) is 14.6. The minimum Gasteiger partial charge on any atom is -0.495 e. The highest BCUT2D eigenvalue weighted by Gasteiger charge is 2.15. The zero-order valence-corrected chi connectivity index (χ0v) is 16.2. The molecule has 0 spiro atoms. The van der Waals surface area contributed by atoms with Crippen LogP contribution in [0.25, 0.3) is 16.6 Å². The molecule has 2 aromatic heterocycles. The topological polar surface area (TPSA) is 69.4 Å². The van der Waals surface area contributed by atoms with Gasteiger partial charge in [-0.15, -0.1) is 5.10 Å². The van der Waals surface area contributed by atoms with Crippen LogP contribution >= 0.6 is 23.4 Å². The molecular formula is C19H15ClN4O2S. The van der Waals surface area contributed by atoms with E-state index in [-0.39, 0.29) is 11.5 Å². The summed E-state index contributed by atoms with van der Waals surface area (Å²) in [4.78, 5) is 21.7. The Morgan fingerprint density at radius 2 is 2.04 bits per heavy atom. The van der Waals surface area contributed by atoms with E-state index in [1.54, 1.807) is 22.7 Å². The number of benzene rings is 2. The van der Waals surface area contributed by atoms with Crippen molar-refractivity contribution < 1.29 is 9.53 Å². The average molecular weight is 399 g/mol. The van der Waals surface area contributed by atoms with Crippen molar-refractivity contribution in [2.75, 3.05) is 12.9 Å². The minimum absolute atomic E-state index is 0.0514. The number of thioether (sulfide) groups is 1. The van der Waals surface area contributed by atoms with Gasteiger partial charge in [-0.05, 0) is 37.3 Å². The summed E-state index contributed by atoms with van der Waals surface area (Å²) >= 11 is 7.44. The molecular weight excluding hydrogens is 384 g/mol. The van der Waals surface area contributed by atoms with Gasteiger partial charge < -0.3 is 4.74 Å². The average Bonchev–Trinajstić information content (AvgIpc) is 3.07. The number of Topliss-reactive ketones (excluding diaryl/α,β-unsaturated/α-hetero) is 1. The third-order valence-corrected chi connectivity index (χ3v) is 5.29. The van der Waals surface area contributed by atoms with E-state index < -0.39 is 0 Å². The van der Waals surface area contributed by atoms with Crippen molar-refractivity contribution in [3.63, 3.8) is 0 Å². The number of hydrogen-bond acceptors (Lipinski definition) is 6. The normalized spacial score (nSPS) is 11.2. The molecule has 0 bridgehead atoms. The van der Waals surface area contributed by atoms with Crippen LogP contribution in [0.3, 0.4) is 0 Å². The molecule has 6 nitrogen and oxygen atoms in total. The second kappa shape index (κ2) is 7.17. The molecule has 4 aromatic rings. The van der Waals surface area contributed by atoms with Crippen LogP contribution in [-0.4, -0.2) is 38.2 Å². The molecule has 0 radical (unpaired) electrons. The Morgan fingerprint density at radius 3 is 2.81 bits per heavy atom. The lowest BCUT2D eigenvalue weighted by atomic mass is 10.1. The van der Waals surface area contributed by atoms with Gasteiger partial charge in [-0.25, -0.2) is 9.97 Å². The van der Waals surface area contributed by atoms with Crippen LogP contribution in [0.4, 0.5) is 0 Å². The monoisotopic (exact) mass is 398 g/mol. The van der Waals surface area contributed by atoms with Gasteiger partial charge in [-0.3, -0.25) is 4.79 Å². The summed E-state index contributed by atoms with van der Waals surface area (Å²) in [5, 5.41) is 6.38. The molecule has 0 aliphatic carbocycles. The lowest BCUT2D eigenvalue weighted by Crippen LogP contribution is -2.05. The first-order chi connectivity index (χ1) is 13.1. The van der Waals surface area contributed by atoms with Crippen LogP contribution in [0.5, 0.6) is 5.75 Å². The van der Waals surface area contributed by atoms with Crippen molar-refractivity contribution in [1.82, 2.24) is 19.6 Å². The number of hydrogen-bond donors (Lipinski definition) is 0. The van der Waals surface area contributed by atoms with Gasteiger partial charge in [0.2, 0.25) is 0 Å². The number of para-hydroxylation sites is 1. The van der Waals surface area contributed by atoms with E-state index in [1.165, 1.54) is 18.9 Å². The summed E-state index contributed by atoms with van der Waals surface area (Å²) in [7, 11) is 1.54. The van der Waals surface area contributed by atoms with Gasteiger partial charge in [0.1, 0.15) is 11.6 Å².